The molecule has 0 amide bonds. The Hall–Kier alpha value is -1.89. The zero-order chi connectivity index (χ0) is 14.0. The molecule has 0 fully saturated rings. The fourth-order valence-corrected chi connectivity index (χ4v) is 2.69. The van der Waals surface area contributed by atoms with Crippen molar-refractivity contribution in [1.29, 1.82) is 0 Å². The highest BCUT2D eigenvalue weighted by Gasteiger charge is 2.09. The number of hydrogen-bond acceptors (Lipinski definition) is 1. The van der Waals surface area contributed by atoms with E-state index in [1.54, 1.807) is 0 Å². The summed E-state index contributed by atoms with van der Waals surface area (Å²) in [6, 6.07) is 12.3. The minimum absolute atomic E-state index is 0.198. The SMILES string of the molecule is CCC(=O)c1cccc(-c2c(C)cc(C)cc2C)c1. The van der Waals surface area contributed by atoms with Crippen LogP contribution in [0.2, 0.25) is 0 Å². The van der Waals surface area contributed by atoms with Crippen LogP contribution in [-0.2, 0) is 0 Å². The van der Waals surface area contributed by atoms with Crippen LogP contribution in [0.1, 0.15) is 40.4 Å². The third kappa shape index (κ3) is 2.76. The van der Waals surface area contributed by atoms with Crippen LogP contribution in [0.5, 0.6) is 0 Å². The quantitative estimate of drug-likeness (QED) is 0.712. The molecule has 0 saturated heterocycles. The highest BCUT2D eigenvalue weighted by molar-refractivity contribution is 5.97. The Balaban J connectivity index is 2.57. The van der Waals surface area contributed by atoms with Crippen LogP contribution in [0, 0.1) is 20.8 Å². The van der Waals surface area contributed by atoms with Crippen molar-refractivity contribution < 1.29 is 4.79 Å². The van der Waals surface area contributed by atoms with E-state index in [9.17, 15) is 4.79 Å². The van der Waals surface area contributed by atoms with Gasteiger partial charge in [-0.2, -0.15) is 0 Å². The fourth-order valence-electron chi connectivity index (χ4n) is 2.69. The normalized spacial score (nSPS) is 10.5. The standard InChI is InChI=1S/C18H20O/c1-5-17(19)15-7-6-8-16(11-15)18-13(3)9-12(2)10-14(18)4/h6-11H,5H2,1-4H3. The van der Waals surface area contributed by atoms with Gasteiger partial charge in [-0.05, 0) is 49.1 Å². The molecule has 19 heavy (non-hydrogen) atoms. The third-order valence-corrected chi connectivity index (χ3v) is 3.47. The summed E-state index contributed by atoms with van der Waals surface area (Å²) in [4.78, 5) is 11.8. The molecule has 0 radical (unpaired) electrons. The molecule has 98 valence electrons. The first kappa shape index (κ1) is 13.5. The van der Waals surface area contributed by atoms with Crippen molar-refractivity contribution in [2.45, 2.75) is 34.1 Å². The van der Waals surface area contributed by atoms with Crippen molar-refractivity contribution in [2.75, 3.05) is 0 Å². The minimum Gasteiger partial charge on any atom is -0.294 e. The van der Waals surface area contributed by atoms with Gasteiger partial charge < -0.3 is 0 Å². The van der Waals surface area contributed by atoms with Gasteiger partial charge in [-0.15, -0.1) is 0 Å². The van der Waals surface area contributed by atoms with Gasteiger partial charge in [-0.1, -0.05) is 42.8 Å². The zero-order valence-electron chi connectivity index (χ0n) is 12.1. The molecule has 0 spiro atoms. The van der Waals surface area contributed by atoms with Gasteiger partial charge in [0.1, 0.15) is 0 Å². The van der Waals surface area contributed by atoms with Gasteiger partial charge in [0.15, 0.2) is 5.78 Å². The Bertz CT molecular complexity index is 600. The molecule has 2 aromatic rings. The van der Waals surface area contributed by atoms with E-state index in [0.29, 0.717) is 6.42 Å². The molecule has 1 heteroatoms. The molecular weight excluding hydrogens is 232 g/mol. The van der Waals surface area contributed by atoms with Crippen LogP contribution in [0.3, 0.4) is 0 Å². The van der Waals surface area contributed by atoms with E-state index >= 15 is 0 Å². The van der Waals surface area contributed by atoms with Crippen molar-refractivity contribution >= 4 is 5.78 Å². The number of aryl methyl sites for hydroxylation is 3. The largest absolute Gasteiger partial charge is 0.294 e. The van der Waals surface area contributed by atoms with E-state index in [-0.39, 0.29) is 5.78 Å². The number of benzene rings is 2. The Labute approximate surface area is 115 Å². The number of rotatable bonds is 3. The third-order valence-electron chi connectivity index (χ3n) is 3.47. The lowest BCUT2D eigenvalue weighted by molar-refractivity contribution is 0.0988. The van der Waals surface area contributed by atoms with Gasteiger partial charge in [0.25, 0.3) is 0 Å². The smallest absolute Gasteiger partial charge is 0.162 e. The molecule has 0 aromatic heterocycles. The fraction of sp³-hybridized carbons (Fsp3) is 0.278. The molecule has 0 bridgehead atoms. The molecule has 0 aliphatic carbocycles. The van der Waals surface area contributed by atoms with Crippen LogP contribution in [0.15, 0.2) is 36.4 Å². The van der Waals surface area contributed by atoms with Crippen LogP contribution < -0.4 is 0 Å². The molecule has 0 aliphatic rings. The average Bonchev–Trinajstić information content (AvgIpc) is 2.37. The number of carbonyl (C=O) groups excluding carboxylic acids is 1. The van der Waals surface area contributed by atoms with Gasteiger partial charge in [0.2, 0.25) is 0 Å². The summed E-state index contributed by atoms with van der Waals surface area (Å²) in [7, 11) is 0. The average molecular weight is 252 g/mol. The van der Waals surface area contributed by atoms with Crippen molar-refractivity contribution in [1.82, 2.24) is 0 Å². The topological polar surface area (TPSA) is 17.1 Å². The number of ketones is 1. The second kappa shape index (κ2) is 5.40. The summed E-state index contributed by atoms with van der Waals surface area (Å²) in [5, 5.41) is 0. The second-order valence-electron chi connectivity index (χ2n) is 5.13. The van der Waals surface area contributed by atoms with Gasteiger partial charge >= 0.3 is 0 Å². The molecular formula is C18H20O. The van der Waals surface area contributed by atoms with E-state index in [0.717, 1.165) is 11.1 Å². The molecule has 0 heterocycles. The summed E-state index contributed by atoms with van der Waals surface area (Å²) in [5.74, 6) is 0.198. The van der Waals surface area contributed by atoms with Crippen LogP contribution in [-0.4, -0.2) is 5.78 Å². The van der Waals surface area contributed by atoms with Crippen molar-refractivity contribution in [3.8, 4) is 11.1 Å². The van der Waals surface area contributed by atoms with Crippen molar-refractivity contribution in [2.24, 2.45) is 0 Å². The zero-order valence-corrected chi connectivity index (χ0v) is 12.1. The first-order valence-corrected chi connectivity index (χ1v) is 6.74. The first-order chi connectivity index (χ1) is 9.02. The predicted molar refractivity (Wildman–Crippen MR) is 80.7 cm³/mol. The second-order valence-corrected chi connectivity index (χ2v) is 5.13. The van der Waals surface area contributed by atoms with E-state index in [2.05, 4.69) is 39.0 Å². The summed E-state index contributed by atoms with van der Waals surface area (Å²) >= 11 is 0. The predicted octanol–water partition coefficient (Wildman–Crippen LogP) is 4.87. The van der Waals surface area contributed by atoms with Crippen LogP contribution in [0.25, 0.3) is 11.1 Å². The maximum absolute atomic E-state index is 11.8. The van der Waals surface area contributed by atoms with Gasteiger partial charge in [-0.25, -0.2) is 0 Å². The lowest BCUT2D eigenvalue weighted by Crippen LogP contribution is -1.97. The van der Waals surface area contributed by atoms with Crippen LogP contribution in [0.4, 0.5) is 0 Å². The van der Waals surface area contributed by atoms with E-state index in [4.69, 9.17) is 0 Å². The minimum atomic E-state index is 0.198. The van der Waals surface area contributed by atoms with E-state index in [1.807, 2.05) is 25.1 Å². The molecule has 0 N–H and O–H groups in total. The highest BCUT2D eigenvalue weighted by atomic mass is 16.1. The van der Waals surface area contributed by atoms with E-state index in [1.165, 1.54) is 22.3 Å². The first-order valence-electron chi connectivity index (χ1n) is 6.74. The van der Waals surface area contributed by atoms with Crippen LogP contribution >= 0.6 is 0 Å². The van der Waals surface area contributed by atoms with Gasteiger partial charge in [0.05, 0.1) is 0 Å². The lowest BCUT2D eigenvalue weighted by Gasteiger charge is -2.12. The Morgan fingerprint density at radius 3 is 2.21 bits per heavy atom. The Morgan fingerprint density at radius 1 is 1.00 bits per heavy atom. The highest BCUT2D eigenvalue weighted by Crippen LogP contribution is 2.29. The number of carbonyl (C=O) groups is 1. The van der Waals surface area contributed by atoms with Gasteiger partial charge in [0, 0.05) is 12.0 Å². The molecule has 2 aromatic carbocycles. The summed E-state index contributed by atoms with van der Waals surface area (Å²) in [5.41, 5.74) is 6.99. The lowest BCUT2D eigenvalue weighted by atomic mass is 9.92. The maximum atomic E-state index is 11.8. The molecule has 0 unspecified atom stereocenters. The summed E-state index contributed by atoms with van der Waals surface area (Å²) < 4.78 is 0. The summed E-state index contributed by atoms with van der Waals surface area (Å²) in [6.45, 7) is 8.27. The molecule has 0 aliphatic heterocycles. The van der Waals surface area contributed by atoms with Gasteiger partial charge in [-0.3, -0.25) is 4.79 Å². The monoisotopic (exact) mass is 252 g/mol. The molecule has 0 saturated carbocycles. The molecule has 2 rings (SSSR count). The Morgan fingerprint density at radius 2 is 1.63 bits per heavy atom. The number of Topliss-reactive ketones (excluding diaryl/α,β-unsaturated/α-hetero) is 1. The Kier molecular flexibility index (Phi) is 3.84. The maximum Gasteiger partial charge on any atom is 0.162 e. The van der Waals surface area contributed by atoms with E-state index < -0.39 is 0 Å². The van der Waals surface area contributed by atoms with Crippen molar-refractivity contribution in [3.05, 3.63) is 58.7 Å². The summed E-state index contributed by atoms with van der Waals surface area (Å²) in [6.07, 6.45) is 0.551. The molecule has 1 nitrogen and oxygen atoms in total. The van der Waals surface area contributed by atoms with Crippen molar-refractivity contribution in [3.63, 3.8) is 0 Å². The molecule has 0 atom stereocenters. The number of hydrogen-bond donors (Lipinski definition) is 0.